The van der Waals surface area contributed by atoms with E-state index in [1.54, 1.807) is 23.7 Å². The number of carbonyl (C=O) groups excluding carboxylic acids is 2. The van der Waals surface area contributed by atoms with Crippen molar-refractivity contribution in [2.24, 2.45) is 7.05 Å². The van der Waals surface area contributed by atoms with Crippen molar-refractivity contribution in [3.8, 4) is 11.3 Å². The van der Waals surface area contributed by atoms with Crippen LogP contribution < -0.4 is 0 Å². The van der Waals surface area contributed by atoms with Crippen LogP contribution in [-0.2, 0) is 12.9 Å². The summed E-state index contributed by atoms with van der Waals surface area (Å²) >= 11 is 5.78. The Bertz CT molecular complexity index is 688. The number of ketones is 2. The molecule has 1 aliphatic rings. The van der Waals surface area contributed by atoms with Crippen LogP contribution in [0.3, 0.4) is 0 Å². The second-order valence-electron chi connectivity index (χ2n) is 4.12. The average Bonchev–Trinajstić information content (AvgIpc) is 2.73. The van der Waals surface area contributed by atoms with Gasteiger partial charge < -0.3 is 4.57 Å². The number of hydrogen-bond acceptors (Lipinski definition) is 3. The number of imidazole rings is 1. The largest absolute Gasteiger partial charge is 0.329 e. The standard InChI is InChI=1S/C13H9ClN2O2/c1-16-9(6-14)15-10-11(16)7-4-2-3-5-8(7)12(17)13(10)18/h2-5H,6H2,1H3. The minimum absolute atomic E-state index is 0.202. The third-order valence-corrected chi connectivity index (χ3v) is 3.39. The van der Waals surface area contributed by atoms with Gasteiger partial charge in [-0.2, -0.15) is 0 Å². The number of nitrogens with zero attached hydrogens (tertiary/aromatic N) is 2. The van der Waals surface area contributed by atoms with Gasteiger partial charge in [0.15, 0.2) is 0 Å². The Morgan fingerprint density at radius 1 is 1.17 bits per heavy atom. The van der Waals surface area contributed by atoms with Gasteiger partial charge in [-0.15, -0.1) is 11.6 Å². The Morgan fingerprint density at radius 2 is 1.83 bits per heavy atom. The predicted octanol–water partition coefficient (Wildman–Crippen LogP) is 2.20. The molecule has 0 radical (unpaired) electrons. The van der Waals surface area contributed by atoms with E-state index in [4.69, 9.17) is 11.6 Å². The lowest BCUT2D eigenvalue weighted by atomic mass is 9.90. The average molecular weight is 261 g/mol. The van der Waals surface area contributed by atoms with Crippen molar-refractivity contribution in [1.82, 2.24) is 9.55 Å². The van der Waals surface area contributed by atoms with E-state index in [0.717, 1.165) is 5.56 Å². The molecule has 0 fully saturated rings. The molecule has 0 unspecified atom stereocenters. The van der Waals surface area contributed by atoms with E-state index < -0.39 is 11.6 Å². The lowest BCUT2D eigenvalue weighted by molar-refractivity contribution is 0.0812. The van der Waals surface area contributed by atoms with Gasteiger partial charge in [-0.3, -0.25) is 9.59 Å². The molecule has 1 aliphatic carbocycles. The highest BCUT2D eigenvalue weighted by atomic mass is 35.5. The molecule has 4 nitrogen and oxygen atoms in total. The molecule has 18 heavy (non-hydrogen) atoms. The maximum atomic E-state index is 12.0. The van der Waals surface area contributed by atoms with Crippen LogP contribution in [0.1, 0.15) is 26.7 Å². The Labute approximate surface area is 108 Å². The first-order valence-corrected chi connectivity index (χ1v) is 5.98. The Hall–Kier alpha value is -1.94. The third-order valence-electron chi connectivity index (χ3n) is 3.16. The van der Waals surface area contributed by atoms with Crippen molar-refractivity contribution < 1.29 is 9.59 Å². The van der Waals surface area contributed by atoms with Crippen LogP contribution >= 0.6 is 11.6 Å². The van der Waals surface area contributed by atoms with Crippen molar-refractivity contribution in [1.29, 1.82) is 0 Å². The van der Waals surface area contributed by atoms with Crippen LogP contribution in [0.25, 0.3) is 11.3 Å². The van der Waals surface area contributed by atoms with Gasteiger partial charge in [-0.05, 0) is 0 Å². The normalized spacial score (nSPS) is 13.4. The molecule has 1 heterocycles. The predicted molar refractivity (Wildman–Crippen MR) is 66.9 cm³/mol. The van der Waals surface area contributed by atoms with E-state index in [1.807, 2.05) is 12.1 Å². The molecular weight excluding hydrogens is 252 g/mol. The molecule has 0 saturated heterocycles. The molecule has 0 aliphatic heterocycles. The summed E-state index contributed by atoms with van der Waals surface area (Å²) in [5.41, 5.74) is 2.05. The van der Waals surface area contributed by atoms with Crippen LogP contribution in [0, 0.1) is 0 Å². The molecule has 0 saturated carbocycles. The number of rotatable bonds is 1. The summed E-state index contributed by atoms with van der Waals surface area (Å²) in [6.07, 6.45) is 0. The fourth-order valence-corrected chi connectivity index (χ4v) is 2.49. The third kappa shape index (κ3) is 1.29. The van der Waals surface area contributed by atoms with Crippen molar-refractivity contribution in [2.75, 3.05) is 0 Å². The van der Waals surface area contributed by atoms with E-state index in [0.29, 0.717) is 17.1 Å². The monoisotopic (exact) mass is 260 g/mol. The highest BCUT2D eigenvalue weighted by Crippen LogP contribution is 2.33. The number of carbonyl (C=O) groups is 2. The van der Waals surface area contributed by atoms with E-state index in [-0.39, 0.29) is 11.6 Å². The number of benzene rings is 1. The van der Waals surface area contributed by atoms with Crippen LogP contribution in [0.4, 0.5) is 0 Å². The summed E-state index contributed by atoms with van der Waals surface area (Å²) in [7, 11) is 1.80. The van der Waals surface area contributed by atoms with Gasteiger partial charge >= 0.3 is 0 Å². The van der Waals surface area contributed by atoms with Crippen LogP contribution in [0.2, 0.25) is 0 Å². The summed E-state index contributed by atoms with van der Waals surface area (Å²) in [5.74, 6) is -0.278. The first-order valence-electron chi connectivity index (χ1n) is 5.45. The van der Waals surface area contributed by atoms with E-state index in [1.165, 1.54) is 0 Å². The number of Topliss-reactive ketones (excluding diaryl/α,β-unsaturated/α-hetero) is 2. The Balaban J connectivity index is 2.40. The molecule has 0 N–H and O–H groups in total. The maximum absolute atomic E-state index is 12.0. The topological polar surface area (TPSA) is 52.0 Å². The van der Waals surface area contributed by atoms with Crippen molar-refractivity contribution in [3.63, 3.8) is 0 Å². The zero-order chi connectivity index (χ0) is 12.9. The molecule has 3 rings (SSSR count). The molecule has 0 atom stereocenters. The fraction of sp³-hybridized carbons (Fsp3) is 0.154. The highest BCUT2D eigenvalue weighted by Gasteiger charge is 2.34. The molecular formula is C13H9ClN2O2. The smallest absolute Gasteiger partial charge is 0.254 e. The zero-order valence-corrected chi connectivity index (χ0v) is 10.4. The van der Waals surface area contributed by atoms with Gasteiger partial charge in [-0.1, -0.05) is 24.3 Å². The number of aromatic nitrogens is 2. The molecule has 5 heteroatoms. The summed E-state index contributed by atoms with van der Waals surface area (Å²) in [4.78, 5) is 28.1. The molecule has 0 amide bonds. The summed E-state index contributed by atoms with van der Waals surface area (Å²) in [6, 6.07) is 7.05. The van der Waals surface area contributed by atoms with Gasteiger partial charge in [0, 0.05) is 18.2 Å². The number of halogens is 1. The summed E-state index contributed by atoms with van der Waals surface area (Å²) < 4.78 is 1.77. The first-order chi connectivity index (χ1) is 8.65. The summed E-state index contributed by atoms with van der Waals surface area (Å²) in [6.45, 7) is 0. The molecule has 1 aromatic heterocycles. The van der Waals surface area contributed by atoms with Crippen molar-refractivity contribution >= 4 is 23.2 Å². The van der Waals surface area contributed by atoms with Crippen LogP contribution in [0.15, 0.2) is 24.3 Å². The Kier molecular flexibility index (Phi) is 2.35. The maximum Gasteiger partial charge on any atom is 0.254 e. The quantitative estimate of drug-likeness (QED) is 0.583. The first kappa shape index (κ1) is 11.2. The molecule has 1 aromatic carbocycles. The second-order valence-corrected chi connectivity index (χ2v) is 4.39. The van der Waals surface area contributed by atoms with Gasteiger partial charge in [0.25, 0.3) is 5.78 Å². The molecule has 2 aromatic rings. The second kappa shape index (κ2) is 3.78. The van der Waals surface area contributed by atoms with Crippen molar-refractivity contribution in [2.45, 2.75) is 5.88 Å². The van der Waals surface area contributed by atoms with Gasteiger partial charge in [0.05, 0.1) is 11.6 Å². The van der Waals surface area contributed by atoms with Gasteiger partial charge in [0.1, 0.15) is 11.5 Å². The molecule has 0 spiro atoms. The number of hydrogen-bond donors (Lipinski definition) is 0. The van der Waals surface area contributed by atoms with E-state index >= 15 is 0 Å². The zero-order valence-electron chi connectivity index (χ0n) is 9.61. The number of fused-ring (bicyclic) bond motifs is 3. The van der Waals surface area contributed by atoms with E-state index in [2.05, 4.69) is 4.98 Å². The van der Waals surface area contributed by atoms with E-state index in [9.17, 15) is 9.59 Å². The SMILES string of the molecule is Cn1c(CCl)nc2c1-c1ccccc1C(=O)C2=O. The number of alkyl halides is 1. The van der Waals surface area contributed by atoms with Crippen LogP contribution in [0.5, 0.6) is 0 Å². The van der Waals surface area contributed by atoms with Gasteiger partial charge in [-0.25, -0.2) is 4.98 Å². The van der Waals surface area contributed by atoms with Gasteiger partial charge in [0.2, 0.25) is 5.78 Å². The molecule has 90 valence electrons. The lowest BCUT2D eigenvalue weighted by Gasteiger charge is -2.14. The summed E-state index contributed by atoms with van der Waals surface area (Å²) in [5, 5.41) is 0. The fourth-order valence-electron chi connectivity index (χ4n) is 2.25. The minimum Gasteiger partial charge on any atom is -0.329 e. The van der Waals surface area contributed by atoms with Crippen LogP contribution in [-0.4, -0.2) is 21.1 Å². The van der Waals surface area contributed by atoms with Crippen molar-refractivity contribution in [3.05, 3.63) is 41.3 Å². The Morgan fingerprint density at radius 3 is 2.50 bits per heavy atom. The molecule has 0 bridgehead atoms. The highest BCUT2D eigenvalue weighted by molar-refractivity contribution is 6.52. The lowest BCUT2D eigenvalue weighted by Crippen LogP contribution is -2.21. The minimum atomic E-state index is -0.560.